The summed E-state index contributed by atoms with van der Waals surface area (Å²) in [4.78, 5) is 26.0. The summed E-state index contributed by atoms with van der Waals surface area (Å²) in [6, 6.07) is 13.8. The molecule has 1 heterocycles. The number of unbranched alkanes of at least 4 members (excludes halogenated alkanes) is 2. The topological polar surface area (TPSA) is 57.5 Å². The lowest BCUT2D eigenvalue weighted by molar-refractivity contribution is -0.141. The molecule has 0 bridgehead atoms. The maximum atomic E-state index is 14.0. The first-order valence-electron chi connectivity index (χ1n) is 14.9. The van der Waals surface area contributed by atoms with Crippen molar-refractivity contribution in [1.29, 1.82) is 0 Å². The van der Waals surface area contributed by atoms with Crippen molar-refractivity contribution in [2.24, 2.45) is 13.0 Å². The van der Waals surface area contributed by atoms with Crippen molar-refractivity contribution in [1.82, 2.24) is 4.57 Å². The molecule has 1 unspecified atom stereocenters. The lowest BCUT2D eigenvalue weighted by atomic mass is 9.93. The third-order valence-corrected chi connectivity index (χ3v) is 13.6. The molecule has 0 fully saturated rings. The number of ether oxygens (including phenoxy) is 1. The average Bonchev–Trinajstić information content (AvgIpc) is 3.18. The molecule has 0 aliphatic rings. The number of hydrogen-bond acceptors (Lipinski definition) is 4. The molecule has 0 saturated carbocycles. The molecule has 0 saturated heterocycles. The lowest BCUT2D eigenvalue weighted by Gasteiger charge is -2.39. The summed E-state index contributed by atoms with van der Waals surface area (Å²) >= 11 is 12.6. The summed E-state index contributed by atoms with van der Waals surface area (Å²) in [5.41, 5.74) is 3.76. The van der Waals surface area contributed by atoms with Gasteiger partial charge >= 0.3 is 5.97 Å². The zero-order chi connectivity index (χ0) is 31.2. The van der Waals surface area contributed by atoms with Gasteiger partial charge in [0.2, 0.25) is 0 Å². The number of nitrogens with zero attached hydrogens (tertiary/aromatic N) is 1. The fourth-order valence-electron chi connectivity index (χ4n) is 5.28. The van der Waals surface area contributed by atoms with Gasteiger partial charge in [-0.3, -0.25) is 9.59 Å². The number of aryl methyl sites for hydroxylation is 2. The molecule has 2 aromatic carbocycles. The van der Waals surface area contributed by atoms with Gasteiger partial charge in [-0.1, -0.05) is 75.9 Å². The van der Waals surface area contributed by atoms with Gasteiger partial charge in [-0.2, -0.15) is 0 Å². The van der Waals surface area contributed by atoms with Crippen molar-refractivity contribution < 1.29 is 18.8 Å². The maximum absolute atomic E-state index is 14.0. The van der Waals surface area contributed by atoms with Gasteiger partial charge in [-0.05, 0) is 79.2 Å². The van der Waals surface area contributed by atoms with Crippen LogP contribution in [0.4, 0.5) is 0 Å². The first-order valence-corrected chi connectivity index (χ1v) is 18.6. The van der Waals surface area contributed by atoms with Gasteiger partial charge in [0, 0.05) is 46.4 Å². The lowest BCUT2D eigenvalue weighted by Crippen LogP contribution is -2.42. The highest BCUT2D eigenvalue weighted by molar-refractivity contribution is 6.74. The monoisotopic (exact) mass is 631 g/mol. The van der Waals surface area contributed by atoms with Crippen molar-refractivity contribution in [3.05, 3.63) is 69.3 Å². The van der Waals surface area contributed by atoms with E-state index in [0.29, 0.717) is 10.6 Å². The van der Waals surface area contributed by atoms with Crippen LogP contribution in [-0.4, -0.2) is 31.7 Å². The van der Waals surface area contributed by atoms with E-state index in [4.69, 9.17) is 32.4 Å². The van der Waals surface area contributed by atoms with E-state index < -0.39 is 8.32 Å². The van der Waals surface area contributed by atoms with Crippen molar-refractivity contribution in [3.8, 4) is 0 Å². The average molecular weight is 633 g/mol. The Hall–Kier alpha value is -2.12. The van der Waals surface area contributed by atoms with Crippen LogP contribution >= 0.6 is 23.2 Å². The second kappa shape index (κ2) is 14.6. The van der Waals surface area contributed by atoms with Crippen molar-refractivity contribution in [2.45, 2.75) is 96.9 Å². The minimum atomic E-state index is -2.20. The fourth-order valence-corrected chi connectivity index (χ4v) is 6.96. The van der Waals surface area contributed by atoms with Crippen LogP contribution in [0, 0.1) is 5.92 Å². The molecule has 0 amide bonds. The van der Waals surface area contributed by atoms with E-state index in [0.717, 1.165) is 53.7 Å². The van der Waals surface area contributed by atoms with Gasteiger partial charge in [-0.15, -0.1) is 0 Å². The summed E-state index contributed by atoms with van der Waals surface area (Å²) in [5.74, 6) is -0.467. The number of carbonyl (C=O) groups excluding carboxylic acids is 2. The summed E-state index contributed by atoms with van der Waals surface area (Å²) in [6.45, 7) is 13.2. The van der Waals surface area contributed by atoms with Gasteiger partial charge in [0.25, 0.3) is 0 Å². The quantitative estimate of drug-likeness (QED) is 0.0768. The highest BCUT2D eigenvalue weighted by Gasteiger charge is 2.41. The molecule has 1 aromatic heterocycles. The molecule has 3 rings (SSSR count). The van der Waals surface area contributed by atoms with Crippen LogP contribution in [0.5, 0.6) is 0 Å². The minimum Gasteiger partial charge on any atom is -0.469 e. The number of ketones is 1. The number of rotatable bonds is 14. The summed E-state index contributed by atoms with van der Waals surface area (Å²) in [5, 5.41) is 2.19. The number of Topliss-reactive ketones (excluding diaryl/α,β-unsaturated/α-hetero) is 1. The maximum Gasteiger partial charge on any atom is 0.305 e. The summed E-state index contributed by atoms with van der Waals surface area (Å²) in [6.07, 6.45) is 5.02. The van der Waals surface area contributed by atoms with Crippen LogP contribution < -0.4 is 0 Å². The van der Waals surface area contributed by atoms with E-state index in [1.807, 2.05) is 50.4 Å². The molecule has 3 aromatic rings. The smallest absolute Gasteiger partial charge is 0.305 e. The summed E-state index contributed by atoms with van der Waals surface area (Å²) < 4.78 is 14.1. The second-order valence-electron chi connectivity index (χ2n) is 13.1. The minimum absolute atomic E-state index is 0.000873. The van der Waals surface area contributed by atoms with Crippen LogP contribution in [0.25, 0.3) is 10.9 Å². The zero-order valence-corrected chi connectivity index (χ0v) is 29.0. The van der Waals surface area contributed by atoms with Crippen LogP contribution in [0.1, 0.15) is 93.9 Å². The molecule has 0 spiro atoms. The number of aromatic nitrogens is 1. The molecular formula is C34H47Cl2NO4Si. The van der Waals surface area contributed by atoms with E-state index in [1.165, 1.54) is 12.7 Å². The third-order valence-electron chi connectivity index (χ3n) is 8.63. The Morgan fingerprint density at radius 1 is 0.976 bits per heavy atom. The standard InChI is InChI=1S/C34H47Cl2NO4Si/c1-23(20-31(39)40-6)19-29(38)32-27-22-26(36)17-18-28(27)37(5)33(32)30(41-42(7,8)34(2,3)4)16-11-9-10-13-24-14-12-15-25(35)21-24/h12,14-15,17-18,21-23,30H,9-11,13,16,19-20H2,1-8H3/t23-,30?/m0/s1. The highest BCUT2D eigenvalue weighted by atomic mass is 35.5. The van der Waals surface area contributed by atoms with E-state index >= 15 is 0 Å². The number of halogens is 2. The second-order valence-corrected chi connectivity index (χ2v) is 18.7. The van der Waals surface area contributed by atoms with Gasteiger partial charge in [0.15, 0.2) is 14.1 Å². The van der Waals surface area contributed by atoms with Crippen LogP contribution in [0.2, 0.25) is 28.2 Å². The number of esters is 1. The molecule has 0 aliphatic carbocycles. The predicted octanol–water partition coefficient (Wildman–Crippen LogP) is 10.1. The molecule has 42 heavy (non-hydrogen) atoms. The van der Waals surface area contributed by atoms with Crippen LogP contribution in [-0.2, 0) is 27.4 Å². The predicted molar refractivity (Wildman–Crippen MR) is 177 cm³/mol. The number of benzene rings is 2. The van der Waals surface area contributed by atoms with E-state index in [9.17, 15) is 9.59 Å². The van der Waals surface area contributed by atoms with Gasteiger partial charge in [0.05, 0.1) is 18.9 Å². The Labute approximate surface area is 263 Å². The molecule has 0 aliphatic heterocycles. The third kappa shape index (κ3) is 8.72. The molecule has 0 radical (unpaired) electrons. The van der Waals surface area contributed by atoms with Gasteiger partial charge in [-0.25, -0.2) is 0 Å². The number of methoxy groups -OCH3 is 1. The Kier molecular flexibility index (Phi) is 11.9. The highest BCUT2D eigenvalue weighted by Crippen LogP contribution is 2.43. The molecule has 8 heteroatoms. The largest absolute Gasteiger partial charge is 0.469 e. The van der Waals surface area contributed by atoms with Crippen molar-refractivity contribution in [2.75, 3.05) is 7.11 Å². The van der Waals surface area contributed by atoms with Gasteiger partial charge in [0.1, 0.15) is 0 Å². The Balaban J connectivity index is 1.97. The fraction of sp³-hybridized carbons (Fsp3) is 0.529. The normalized spacial score (nSPS) is 13.8. The Morgan fingerprint density at radius 3 is 2.31 bits per heavy atom. The zero-order valence-electron chi connectivity index (χ0n) is 26.5. The first kappa shape index (κ1) is 34.4. The van der Waals surface area contributed by atoms with Gasteiger partial charge < -0.3 is 13.7 Å². The van der Waals surface area contributed by atoms with Crippen molar-refractivity contribution >= 4 is 54.2 Å². The molecule has 230 valence electrons. The van der Waals surface area contributed by atoms with Crippen LogP contribution in [0.15, 0.2) is 42.5 Å². The molecule has 2 atom stereocenters. The number of hydrogen-bond donors (Lipinski definition) is 0. The van der Waals surface area contributed by atoms with E-state index in [-0.39, 0.29) is 41.7 Å². The first-order chi connectivity index (χ1) is 19.6. The van der Waals surface area contributed by atoms with Crippen molar-refractivity contribution in [3.63, 3.8) is 0 Å². The van der Waals surface area contributed by atoms with E-state index in [2.05, 4.69) is 44.5 Å². The molecule has 5 nitrogen and oxygen atoms in total. The number of fused-ring (bicyclic) bond motifs is 1. The molecular weight excluding hydrogens is 585 g/mol. The molecule has 0 N–H and O–H groups in total. The Morgan fingerprint density at radius 2 is 1.67 bits per heavy atom. The summed E-state index contributed by atoms with van der Waals surface area (Å²) in [7, 11) is 1.19. The Bertz CT molecular complexity index is 1390. The van der Waals surface area contributed by atoms with Crippen LogP contribution in [0.3, 0.4) is 0 Å². The number of carbonyl (C=O) groups is 2. The SMILES string of the molecule is COC(=O)C[C@@H](C)CC(=O)c1c(C(CCCCCc2cccc(Cl)c2)O[Si](C)(C)C(C)(C)C)n(C)c2ccc(Cl)cc12. The van der Waals surface area contributed by atoms with E-state index in [1.54, 1.807) is 0 Å².